The lowest BCUT2D eigenvalue weighted by atomic mass is 10.0. The Morgan fingerprint density at radius 3 is 2.42 bits per heavy atom. The Bertz CT molecular complexity index is 590. The number of aryl methyl sites for hydroxylation is 3. The van der Waals surface area contributed by atoms with E-state index in [1.54, 1.807) is 4.68 Å². The molecule has 0 amide bonds. The SMILES string of the molecule is CCCCc1[nH]n(CC)c(=O)c1-c1ccc(C)cc1. The van der Waals surface area contributed by atoms with Gasteiger partial charge in [0, 0.05) is 12.2 Å². The van der Waals surface area contributed by atoms with Crippen molar-refractivity contribution in [3.05, 3.63) is 45.9 Å². The normalized spacial score (nSPS) is 10.9. The van der Waals surface area contributed by atoms with Gasteiger partial charge in [0.2, 0.25) is 0 Å². The van der Waals surface area contributed by atoms with E-state index in [1.807, 2.05) is 19.1 Å². The van der Waals surface area contributed by atoms with Crippen LogP contribution in [0.1, 0.15) is 37.9 Å². The highest BCUT2D eigenvalue weighted by Crippen LogP contribution is 2.21. The second kappa shape index (κ2) is 5.91. The van der Waals surface area contributed by atoms with Gasteiger partial charge >= 0.3 is 0 Å². The zero-order valence-electron chi connectivity index (χ0n) is 12.0. The van der Waals surface area contributed by atoms with Crippen molar-refractivity contribution in [2.24, 2.45) is 0 Å². The summed E-state index contributed by atoms with van der Waals surface area (Å²) in [6, 6.07) is 8.19. The summed E-state index contributed by atoms with van der Waals surface area (Å²) in [6.07, 6.45) is 3.16. The first-order valence-corrected chi connectivity index (χ1v) is 7.06. The standard InChI is InChI=1S/C16H22N2O/c1-4-6-7-14-15(16(19)18(5-2)17-14)13-10-8-12(3)9-11-13/h8-11,17H,4-7H2,1-3H3. The minimum absolute atomic E-state index is 0.0949. The molecule has 3 heteroatoms. The van der Waals surface area contributed by atoms with E-state index in [1.165, 1.54) is 5.56 Å². The number of H-pyrrole nitrogens is 1. The minimum atomic E-state index is 0.0949. The average Bonchev–Trinajstić information content (AvgIpc) is 2.74. The maximum atomic E-state index is 12.4. The Hall–Kier alpha value is -1.77. The molecular formula is C16H22N2O. The molecule has 0 aliphatic carbocycles. The fourth-order valence-corrected chi connectivity index (χ4v) is 2.31. The number of aromatic amines is 1. The summed E-state index contributed by atoms with van der Waals surface area (Å²) in [5.74, 6) is 0. The summed E-state index contributed by atoms with van der Waals surface area (Å²) in [7, 11) is 0. The van der Waals surface area contributed by atoms with Crippen LogP contribution in [0, 0.1) is 6.92 Å². The summed E-state index contributed by atoms with van der Waals surface area (Å²) in [5.41, 5.74) is 4.24. The Balaban J connectivity index is 2.50. The topological polar surface area (TPSA) is 37.8 Å². The smallest absolute Gasteiger partial charge is 0.274 e. The Morgan fingerprint density at radius 2 is 1.84 bits per heavy atom. The number of benzene rings is 1. The summed E-state index contributed by atoms with van der Waals surface area (Å²) in [6.45, 7) is 6.90. The van der Waals surface area contributed by atoms with Gasteiger partial charge in [0.25, 0.3) is 5.56 Å². The van der Waals surface area contributed by atoms with Crippen molar-refractivity contribution in [3.63, 3.8) is 0 Å². The maximum Gasteiger partial charge on any atom is 0.274 e. The van der Waals surface area contributed by atoms with Gasteiger partial charge in [-0.15, -0.1) is 0 Å². The van der Waals surface area contributed by atoms with Crippen LogP contribution in [0.15, 0.2) is 29.1 Å². The van der Waals surface area contributed by atoms with Crippen molar-refractivity contribution in [2.45, 2.75) is 46.6 Å². The lowest BCUT2D eigenvalue weighted by molar-refractivity contribution is 0.622. The van der Waals surface area contributed by atoms with Crippen LogP contribution in [-0.4, -0.2) is 9.78 Å². The summed E-state index contributed by atoms with van der Waals surface area (Å²) in [5, 5.41) is 3.25. The van der Waals surface area contributed by atoms with Crippen LogP contribution in [0.5, 0.6) is 0 Å². The number of nitrogens with one attached hydrogen (secondary N) is 1. The van der Waals surface area contributed by atoms with Crippen molar-refractivity contribution in [2.75, 3.05) is 0 Å². The van der Waals surface area contributed by atoms with E-state index in [4.69, 9.17) is 0 Å². The molecule has 0 saturated carbocycles. The lowest BCUT2D eigenvalue weighted by Crippen LogP contribution is -2.16. The minimum Gasteiger partial charge on any atom is -0.299 e. The van der Waals surface area contributed by atoms with Crippen molar-refractivity contribution in [1.82, 2.24) is 9.78 Å². The molecule has 2 rings (SSSR count). The molecule has 1 aromatic carbocycles. The number of hydrogen-bond donors (Lipinski definition) is 1. The van der Waals surface area contributed by atoms with Crippen LogP contribution in [0.4, 0.5) is 0 Å². The molecule has 0 spiro atoms. The van der Waals surface area contributed by atoms with E-state index in [0.29, 0.717) is 6.54 Å². The highest BCUT2D eigenvalue weighted by atomic mass is 16.1. The van der Waals surface area contributed by atoms with Crippen LogP contribution in [0.25, 0.3) is 11.1 Å². The van der Waals surface area contributed by atoms with E-state index >= 15 is 0 Å². The zero-order valence-corrected chi connectivity index (χ0v) is 12.0. The average molecular weight is 258 g/mol. The van der Waals surface area contributed by atoms with Gasteiger partial charge in [-0.05, 0) is 32.3 Å². The van der Waals surface area contributed by atoms with Gasteiger partial charge < -0.3 is 0 Å². The molecule has 1 aromatic heterocycles. The molecule has 0 fully saturated rings. The van der Waals surface area contributed by atoms with Gasteiger partial charge in [-0.1, -0.05) is 43.2 Å². The molecule has 19 heavy (non-hydrogen) atoms. The number of unbranched alkanes of at least 4 members (excludes halogenated alkanes) is 1. The van der Waals surface area contributed by atoms with Crippen molar-refractivity contribution in [3.8, 4) is 11.1 Å². The third kappa shape index (κ3) is 2.80. The number of nitrogens with zero attached hydrogens (tertiary/aromatic N) is 1. The third-order valence-corrected chi connectivity index (χ3v) is 3.47. The quantitative estimate of drug-likeness (QED) is 0.875. The molecule has 0 unspecified atom stereocenters. The van der Waals surface area contributed by atoms with E-state index in [2.05, 4.69) is 31.1 Å². The molecule has 0 atom stereocenters. The first-order chi connectivity index (χ1) is 9.17. The summed E-state index contributed by atoms with van der Waals surface area (Å²) < 4.78 is 1.69. The number of hydrogen-bond acceptors (Lipinski definition) is 1. The fourth-order valence-electron chi connectivity index (χ4n) is 2.31. The monoisotopic (exact) mass is 258 g/mol. The molecule has 0 saturated heterocycles. The van der Waals surface area contributed by atoms with Gasteiger partial charge in [0.05, 0.1) is 5.56 Å². The molecular weight excluding hydrogens is 236 g/mol. The lowest BCUT2D eigenvalue weighted by Gasteiger charge is -2.02. The molecule has 2 aromatic rings. The van der Waals surface area contributed by atoms with Crippen molar-refractivity contribution in [1.29, 1.82) is 0 Å². The highest BCUT2D eigenvalue weighted by Gasteiger charge is 2.14. The molecule has 0 bridgehead atoms. The van der Waals surface area contributed by atoms with Crippen LogP contribution in [0.2, 0.25) is 0 Å². The fraction of sp³-hybridized carbons (Fsp3) is 0.438. The van der Waals surface area contributed by atoms with E-state index in [-0.39, 0.29) is 5.56 Å². The number of rotatable bonds is 5. The first-order valence-electron chi connectivity index (χ1n) is 7.06. The second-order valence-electron chi connectivity index (χ2n) is 4.98. The molecule has 0 radical (unpaired) electrons. The predicted octanol–water partition coefficient (Wildman–Crippen LogP) is 3.51. The molecule has 0 aliphatic rings. The van der Waals surface area contributed by atoms with Gasteiger partial charge in [-0.3, -0.25) is 14.6 Å². The van der Waals surface area contributed by atoms with Crippen molar-refractivity contribution < 1.29 is 0 Å². The molecule has 3 nitrogen and oxygen atoms in total. The van der Waals surface area contributed by atoms with Gasteiger partial charge in [0.1, 0.15) is 0 Å². The molecule has 1 heterocycles. The van der Waals surface area contributed by atoms with Crippen LogP contribution in [-0.2, 0) is 13.0 Å². The summed E-state index contributed by atoms with van der Waals surface area (Å²) in [4.78, 5) is 12.4. The van der Waals surface area contributed by atoms with E-state index in [0.717, 1.165) is 36.1 Å². The second-order valence-corrected chi connectivity index (χ2v) is 4.98. The highest BCUT2D eigenvalue weighted by molar-refractivity contribution is 5.65. The maximum absolute atomic E-state index is 12.4. The Labute approximate surface area is 114 Å². The van der Waals surface area contributed by atoms with Crippen LogP contribution in [0.3, 0.4) is 0 Å². The van der Waals surface area contributed by atoms with Crippen molar-refractivity contribution >= 4 is 0 Å². The third-order valence-electron chi connectivity index (χ3n) is 3.47. The first kappa shape index (κ1) is 13.7. The van der Waals surface area contributed by atoms with E-state index < -0.39 is 0 Å². The predicted molar refractivity (Wildman–Crippen MR) is 79.5 cm³/mol. The largest absolute Gasteiger partial charge is 0.299 e. The van der Waals surface area contributed by atoms with Crippen LogP contribution < -0.4 is 5.56 Å². The van der Waals surface area contributed by atoms with E-state index in [9.17, 15) is 4.79 Å². The molecule has 0 aliphatic heterocycles. The van der Waals surface area contributed by atoms with Gasteiger partial charge in [0.15, 0.2) is 0 Å². The Kier molecular flexibility index (Phi) is 4.25. The molecule has 102 valence electrons. The summed E-state index contributed by atoms with van der Waals surface area (Å²) >= 11 is 0. The van der Waals surface area contributed by atoms with Crippen LogP contribution >= 0.6 is 0 Å². The van der Waals surface area contributed by atoms with Gasteiger partial charge in [-0.2, -0.15) is 0 Å². The number of aromatic nitrogens is 2. The van der Waals surface area contributed by atoms with Gasteiger partial charge in [-0.25, -0.2) is 0 Å². The Morgan fingerprint density at radius 1 is 1.16 bits per heavy atom. The zero-order chi connectivity index (χ0) is 13.8. The molecule has 1 N–H and O–H groups in total.